The van der Waals surface area contributed by atoms with Crippen molar-refractivity contribution in [1.29, 1.82) is 0 Å². The maximum atomic E-state index is 12.9. The second kappa shape index (κ2) is 9.80. The van der Waals surface area contributed by atoms with Crippen LogP contribution in [0, 0.1) is 0 Å². The van der Waals surface area contributed by atoms with E-state index >= 15 is 0 Å². The monoisotopic (exact) mass is 442 g/mol. The lowest BCUT2D eigenvalue weighted by atomic mass is 10.1. The standard InChI is InChI=1S/C23H30N4O3S/c1-16(22(29)25-23-20(21(24)28)18-8-5-9-19(18)31-23)27-12-10-26(11-13-27)14-15-30-17-6-3-2-4-7-17/h2-4,6-7,16H,5,8-15H2,1H3,(H2,24,28)(H,25,29)/t16-/m1/s1. The average Bonchev–Trinajstić information content (AvgIpc) is 3.35. The molecule has 7 nitrogen and oxygen atoms in total. The van der Waals surface area contributed by atoms with Gasteiger partial charge in [-0.25, -0.2) is 0 Å². The first kappa shape index (κ1) is 21.8. The zero-order valence-electron chi connectivity index (χ0n) is 17.9. The second-order valence-electron chi connectivity index (χ2n) is 8.13. The van der Waals surface area contributed by atoms with Crippen LogP contribution >= 0.6 is 11.3 Å². The molecule has 1 aromatic heterocycles. The summed E-state index contributed by atoms with van der Waals surface area (Å²) in [6.45, 7) is 6.89. The number of para-hydroxylation sites is 1. The number of nitrogens with one attached hydrogen (secondary N) is 1. The molecule has 166 valence electrons. The van der Waals surface area contributed by atoms with E-state index in [-0.39, 0.29) is 11.9 Å². The van der Waals surface area contributed by atoms with Gasteiger partial charge in [0.2, 0.25) is 5.91 Å². The predicted molar refractivity (Wildman–Crippen MR) is 123 cm³/mol. The molecule has 1 fully saturated rings. The van der Waals surface area contributed by atoms with E-state index in [1.54, 1.807) is 0 Å². The average molecular weight is 443 g/mol. The number of carbonyl (C=O) groups is 2. The van der Waals surface area contributed by atoms with Gasteiger partial charge in [-0.3, -0.25) is 19.4 Å². The Morgan fingerprint density at radius 2 is 1.90 bits per heavy atom. The number of benzene rings is 1. The molecule has 1 atom stereocenters. The van der Waals surface area contributed by atoms with Crippen LogP contribution in [0.2, 0.25) is 0 Å². The van der Waals surface area contributed by atoms with Crippen LogP contribution in [0.3, 0.4) is 0 Å². The van der Waals surface area contributed by atoms with E-state index < -0.39 is 5.91 Å². The van der Waals surface area contributed by atoms with E-state index in [1.807, 2.05) is 37.3 Å². The Balaban J connectivity index is 1.26. The summed E-state index contributed by atoms with van der Waals surface area (Å²) in [6, 6.07) is 9.57. The lowest BCUT2D eigenvalue weighted by molar-refractivity contribution is -0.121. The molecule has 0 radical (unpaired) electrons. The number of amides is 2. The van der Waals surface area contributed by atoms with Crippen LogP contribution in [0.25, 0.3) is 0 Å². The fourth-order valence-electron chi connectivity index (χ4n) is 4.32. The Labute approximate surface area is 187 Å². The number of aryl methyl sites for hydroxylation is 1. The number of hydrogen-bond acceptors (Lipinski definition) is 6. The van der Waals surface area contributed by atoms with Crippen LogP contribution in [-0.4, -0.2) is 67.0 Å². The highest BCUT2D eigenvalue weighted by Crippen LogP contribution is 2.38. The second-order valence-corrected chi connectivity index (χ2v) is 9.24. The molecule has 31 heavy (non-hydrogen) atoms. The minimum absolute atomic E-state index is 0.0803. The van der Waals surface area contributed by atoms with Crippen LogP contribution in [-0.2, 0) is 17.6 Å². The minimum Gasteiger partial charge on any atom is -0.492 e. The van der Waals surface area contributed by atoms with Crippen molar-refractivity contribution in [2.75, 3.05) is 44.6 Å². The lowest BCUT2D eigenvalue weighted by Crippen LogP contribution is -2.53. The quantitative estimate of drug-likeness (QED) is 0.655. The molecule has 0 spiro atoms. The third-order valence-corrected chi connectivity index (χ3v) is 7.37. The summed E-state index contributed by atoms with van der Waals surface area (Å²) in [6.07, 6.45) is 2.87. The smallest absolute Gasteiger partial charge is 0.251 e. The van der Waals surface area contributed by atoms with E-state index in [1.165, 1.54) is 16.2 Å². The summed E-state index contributed by atoms with van der Waals surface area (Å²) in [5, 5.41) is 3.60. The highest BCUT2D eigenvalue weighted by Gasteiger charge is 2.29. The largest absolute Gasteiger partial charge is 0.492 e. The first-order valence-electron chi connectivity index (χ1n) is 10.9. The molecule has 2 amide bonds. The molecule has 2 aromatic rings. The van der Waals surface area contributed by atoms with Crippen molar-refractivity contribution in [3.05, 3.63) is 46.3 Å². The van der Waals surface area contributed by atoms with Gasteiger partial charge in [-0.05, 0) is 43.9 Å². The molecule has 2 heterocycles. The molecule has 1 aromatic carbocycles. The number of nitrogens with two attached hydrogens (primary N) is 1. The van der Waals surface area contributed by atoms with E-state index in [2.05, 4.69) is 15.1 Å². The third-order valence-electron chi connectivity index (χ3n) is 6.16. The Morgan fingerprint density at radius 1 is 1.16 bits per heavy atom. The zero-order valence-corrected chi connectivity index (χ0v) is 18.7. The molecule has 8 heteroatoms. The first-order valence-corrected chi connectivity index (χ1v) is 11.7. The summed E-state index contributed by atoms with van der Waals surface area (Å²) in [4.78, 5) is 30.6. The topological polar surface area (TPSA) is 87.9 Å². The number of carbonyl (C=O) groups excluding carboxylic acids is 2. The summed E-state index contributed by atoms with van der Waals surface area (Å²) >= 11 is 1.50. The van der Waals surface area contributed by atoms with Crippen molar-refractivity contribution in [2.24, 2.45) is 5.73 Å². The Morgan fingerprint density at radius 3 is 2.61 bits per heavy atom. The zero-order chi connectivity index (χ0) is 21.8. The third kappa shape index (κ3) is 5.08. The molecule has 1 saturated heterocycles. The molecular weight excluding hydrogens is 412 g/mol. The van der Waals surface area contributed by atoms with Crippen molar-refractivity contribution < 1.29 is 14.3 Å². The highest BCUT2D eigenvalue weighted by molar-refractivity contribution is 7.17. The van der Waals surface area contributed by atoms with E-state index in [9.17, 15) is 9.59 Å². The summed E-state index contributed by atoms with van der Waals surface area (Å²) in [5.41, 5.74) is 7.16. The number of fused-ring (bicyclic) bond motifs is 1. The van der Waals surface area contributed by atoms with Gasteiger partial charge in [-0.1, -0.05) is 18.2 Å². The molecule has 0 saturated carbocycles. The van der Waals surface area contributed by atoms with Crippen LogP contribution in [0.4, 0.5) is 5.00 Å². The van der Waals surface area contributed by atoms with Crippen LogP contribution in [0.15, 0.2) is 30.3 Å². The maximum Gasteiger partial charge on any atom is 0.251 e. The molecule has 4 rings (SSSR count). The number of anilines is 1. The van der Waals surface area contributed by atoms with Gasteiger partial charge in [-0.15, -0.1) is 11.3 Å². The Hall–Kier alpha value is -2.42. The summed E-state index contributed by atoms with van der Waals surface area (Å²) in [7, 11) is 0. The fourth-order valence-corrected chi connectivity index (χ4v) is 5.62. The summed E-state index contributed by atoms with van der Waals surface area (Å²) in [5.74, 6) is 0.360. The number of rotatable bonds is 8. The molecule has 0 unspecified atom stereocenters. The molecule has 1 aliphatic heterocycles. The number of hydrogen-bond donors (Lipinski definition) is 2. The van der Waals surface area contributed by atoms with Gasteiger partial charge < -0.3 is 15.8 Å². The first-order chi connectivity index (χ1) is 15.0. The van der Waals surface area contributed by atoms with Crippen LogP contribution < -0.4 is 15.8 Å². The number of ether oxygens (including phenoxy) is 1. The number of thiophene rings is 1. The number of piperazine rings is 1. The van der Waals surface area contributed by atoms with Crippen molar-refractivity contribution in [2.45, 2.75) is 32.2 Å². The van der Waals surface area contributed by atoms with E-state index in [0.717, 1.165) is 63.3 Å². The molecule has 1 aliphatic carbocycles. The molecule has 2 aliphatic rings. The fraction of sp³-hybridized carbons (Fsp3) is 0.478. The number of nitrogens with zero attached hydrogens (tertiary/aromatic N) is 2. The van der Waals surface area contributed by atoms with Gasteiger partial charge in [-0.2, -0.15) is 0 Å². The van der Waals surface area contributed by atoms with Gasteiger partial charge in [0.15, 0.2) is 0 Å². The lowest BCUT2D eigenvalue weighted by Gasteiger charge is -2.37. The molecular formula is C23H30N4O3S. The minimum atomic E-state index is -0.450. The normalized spacial score (nSPS) is 17.8. The van der Waals surface area contributed by atoms with E-state index in [4.69, 9.17) is 10.5 Å². The highest BCUT2D eigenvalue weighted by atomic mass is 32.1. The van der Waals surface area contributed by atoms with Crippen LogP contribution in [0.1, 0.15) is 34.1 Å². The van der Waals surface area contributed by atoms with Crippen molar-refractivity contribution in [1.82, 2.24) is 9.80 Å². The maximum absolute atomic E-state index is 12.9. The van der Waals surface area contributed by atoms with Gasteiger partial charge >= 0.3 is 0 Å². The van der Waals surface area contributed by atoms with Crippen molar-refractivity contribution >= 4 is 28.2 Å². The summed E-state index contributed by atoms with van der Waals surface area (Å²) < 4.78 is 5.79. The predicted octanol–water partition coefficient (Wildman–Crippen LogP) is 2.36. The molecule has 3 N–H and O–H groups in total. The van der Waals surface area contributed by atoms with Gasteiger partial charge in [0.25, 0.3) is 5.91 Å². The van der Waals surface area contributed by atoms with Crippen molar-refractivity contribution in [3.8, 4) is 5.75 Å². The van der Waals surface area contributed by atoms with Gasteiger partial charge in [0.05, 0.1) is 11.6 Å². The van der Waals surface area contributed by atoms with Gasteiger partial charge in [0.1, 0.15) is 17.4 Å². The van der Waals surface area contributed by atoms with Crippen molar-refractivity contribution in [3.63, 3.8) is 0 Å². The number of primary amides is 1. The SMILES string of the molecule is C[C@H](C(=O)Nc1sc2c(c1C(N)=O)CCC2)N1CCN(CCOc2ccccc2)CC1. The van der Waals surface area contributed by atoms with Gasteiger partial charge in [0, 0.05) is 37.6 Å². The van der Waals surface area contributed by atoms with Crippen LogP contribution in [0.5, 0.6) is 5.75 Å². The Bertz CT molecular complexity index is 922. The Kier molecular flexibility index (Phi) is 6.89. The van der Waals surface area contributed by atoms with E-state index in [0.29, 0.717) is 17.2 Å². The molecule has 0 bridgehead atoms.